The molecule has 106 heavy (non-hydrogen) atoms. The monoisotopic (exact) mass is 1470 g/mol. The molecule has 0 bridgehead atoms. The highest BCUT2D eigenvalue weighted by Gasteiger charge is 2.35. The maximum absolute atomic E-state index is 12.1. The van der Waals surface area contributed by atoms with Crippen LogP contribution in [0.4, 0.5) is 0 Å². The fourth-order valence-corrected chi connectivity index (χ4v) is 15.6. The van der Waals surface area contributed by atoms with Crippen LogP contribution in [0.5, 0.6) is 0 Å². The molecule has 0 aromatic heterocycles. The Kier molecular flexibility index (Phi) is 53.4. The van der Waals surface area contributed by atoms with Crippen molar-refractivity contribution >= 4 is 59.1 Å². The maximum Gasteiger partial charge on any atom is 0.256 e. The molecule has 600 valence electrons. The smallest absolute Gasteiger partial charge is 0.256 e. The zero-order valence-corrected chi connectivity index (χ0v) is 67.9. The average molecular weight is 1480 g/mol. The van der Waals surface area contributed by atoms with Crippen molar-refractivity contribution in [3.05, 3.63) is 72.9 Å². The third kappa shape index (κ3) is 40.5. The zero-order valence-electron chi connectivity index (χ0n) is 67.9. The van der Waals surface area contributed by atoms with Gasteiger partial charge in [-0.2, -0.15) is 0 Å². The fourth-order valence-electron chi connectivity index (χ4n) is 15.6. The molecular weight excluding hydrogens is 1320 g/mol. The third-order valence-electron chi connectivity index (χ3n) is 22.4. The molecule has 5 heterocycles. The number of unbranched alkanes of at least 4 members (excludes halogenated alkanes) is 43. The summed E-state index contributed by atoms with van der Waals surface area (Å²) in [6.45, 7) is 27.9. The number of imide groups is 5. The minimum absolute atomic E-state index is 0.0764. The lowest BCUT2D eigenvalue weighted by Crippen LogP contribution is -2.30. The molecule has 5 rings (SSSR count). The fraction of sp³-hybridized carbons (Fsp3) is 0.758. The van der Waals surface area contributed by atoms with Crippen LogP contribution in [0.1, 0.15) is 400 Å². The normalized spacial score (nSPS) is 16.3. The Morgan fingerprint density at radius 2 is 0.377 bits per heavy atom. The number of carbonyl (C=O) groups excluding carboxylic acids is 10. The van der Waals surface area contributed by atoms with Crippen LogP contribution in [0.2, 0.25) is 0 Å². The second kappa shape index (κ2) is 60.0. The van der Waals surface area contributed by atoms with Crippen molar-refractivity contribution in [2.75, 3.05) is 32.7 Å². The van der Waals surface area contributed by atoms with Crippen molar-refractivity contribution in [1.82, 2.24) is 24.5 Å². The van der Waals surface area contributed by atoms with E-state index in [-0.39, 0.29) is 91.2 Å². The minimum Gasteiger partial charge on any atom is -0.279 e. The molecule has 15 heteroatoms. The van der Waals surface area contributed by atoms with Crippen molar-refractivity contribution in [2.45, 2.75) is 400 Å². The summed E-state index contributed by atoms with van der Waals surface area (Å²) >= 11 is 0. The second-order valence-corrected chi connectivity index (χ2v) is 31.8. The van der Waals surface area contributed by atoms with Gasteiger partial charge in [-0.25, -0.2) is 0 Å². The zero-order chi connectivity index (χ0) is 77.4. The average Bonchev–Trinajstić information content (AvgIpc) is 1.74. The Balaban J connectivity index is 0.000000453. The molecule has 0 N–H and O–H groups in total. The van der Waals surface area contributed by atoms with E-state index in [0.717, 1.165) is 88.9 Å². The molecule has 2 unspecified atom stereocenters. The number of hydrogen-bond donors (Lipinski definition) is 0. The van der Waals surface area contributed by atoms with Crippen LogP contribution in [-0.4, -0.2) is 116 Å². The van der Waals surface area contributed by atoms with Gasteiger partial charge < -0.3 is 0 Å². The molecule has 0 radical (unpaired) electrons. The topological polar surface area (TPSA) is 187 Å². The molecule has 0 aromatic carbocycles. The van der Waals surface area contributed by atoms with E-state index in [1.54, 1.807) is 0 Å². The van der Waals surface area contributed by atoms with Crippen molar-refractivity contribution in [3.63, 3.8) is 0 Å². The Morgan fingerprint density at radius 1 is 0.226 bits per heavy atom. The maximum atomic E-state index is 12.1. The molecule has 5 aliphatic rings. The van der Waals surface area contributed by atoms with Gasteiger partial charge in [0, 0.05) is 60.6 Å². The van der Waals surface area contributed by atoms with Gasteiger partial charge in [-0.15, -0.1) is 0 Å². The molecule has 2 atom stereocenters. The van der Waals surface area contributed by atoms with Crippen LogP contribution in [0.15, 0.2) is 72.9 Å². The number of nitrogens with zero attached hydrogens (tertiary/aromatic N) is 5. The Labute approximate surface area is 645 Å². The van der Waals surface area contributed by atoms with Gasteiger partial charge >= 0.3 is 0 Å². The summed E-state index contributed by atoms with van der Waals surface area (Å²) in [5.74, 6) is 0.397. The lowest BCUT2D eigenvalue weighted by Gasteiger charge is -2.28. The molecular formula is C91H151N5O10. The number of carbonyl (C=O) groups is 10. The summed E-state index contributed by atoms with van der Waals surface area (Å²) in [6, 6.07) is 0. The highest BCUT2D eigenvalue weighted by molar-refractivity contribution is 6.15. The summed E-state index contributed by atoms with van der Waals surface area (Å²) in [6.07, 6.45) is 73.2. The molecule has 0 spiro atoms. The molecule has 5 aliphatic heterocycles. The molecule has 0 saturated carbocycles. The first-order valence-electron chi connectivity index (χ1n) is 43.6. The Bertz CT molecular complexity index is 2570. The van der Waals surface area contributed by atoms with Gasteiger partial charge in [0.15, 0.2) is 0 Å². The van der Waals surface area contributed by atoms with Crippen molar-refractivity contribution in [2.24, 2.45) is 11.8 Å². The van der Waals surface area contributed by atoms with Gasteiger partial charge in [0.1, 0.15) is 0 Å². The van der Waals surface area contributed by atoms with Crippen molar-refractivity contribution in [1.29, 1.82) is 0 Å². The summed E-state index contributed by atoms with van der Waals surface area (Å²) in [7, 11) is 0. The summed E-state index contributed by atoms with van der Waals surface area (Å²) in [5.41, 5.74) is 2.15. The number of likely N-dealkylation sites (tertiary alicyclic amines) is 5. The molecule has 0 aliphatic carbocycles. The van der Waals surface area contributed by atoms with E-state index in [2.05, 4.69) is 65.8 Å². The van der Waals surface area contributed by atoms with E-state index < -0.39 is 0 Å². The van der Waals surface area contributed by atoms with Crippen LogP contribution < -0.4 is 0 Å². The van der Waals surface area contributed by atoms with E-state index in [9.17, 15) is 47.9 Å². The van der Waals surface area contributed by atoms with E-state index in [1.165, 1.54) is 294 Å². The molecule has 15 nitrogen and oxygen atoms in total. The minimum atomic E-state index is -0.201. The van der Waals surface area contributed by atoms with Crippen molar-refractivity contribution in [3.8, 4) is 0 Å². The Morgan fingerprint density at radius 3 is 0.538 bits per heavy atom. The van der Waals surface area contributed by atoms with Gasteiger partial charge in [-0.3, -0.25) is 72.4 Å². The van der Waals surface area contributed by atoms with Crippen LogP contribution in [0.25, 0.3) is 0 Å². The lowest BCUT2D eigenvalue weighted by atomic mass is 9.78. The number of hydrogen-bond acceptors (Lipinski definition) is 10. The number of amides is 10. The lowest BCUT2D eigenvalue weighted by molar-refractivity contribution is -0.139. The molecule has 5 saturated heterocycles. The summed E-state index contributed by atoms with van der Waals surface area (Å²) < 4.78 is 0. The molecule has 0 aromatic rings. The standard InChI is InChI=1S/C46H80N2O4.C23H39NO2.C22H32N2O4/c1-5-7-9-11-19-25-31-41(33-27-21-15-13-17-23-29-35-47-43(49)37-39(3)45(47)51)42(32-26-20-12-10-8-6-2)34-28-22-16-14-18-24-30-36-48-44(50)38-40(4)46(48)52;1-3-4-5-6-7-8-9-10-11-12-13-14-15-16-17-18-19-24-22(25)20-21(2)23(24)26;1-17-15-19(25)23(21(17)27)13-11-9-7-5-3-4-6-8-10-12-14-24-20(26)16-18(2)22(24)28/h41-42H,3-38H2,1-2H3;11-12H,2-10,13-20H2,1H3;1-16H2/b;12-11+;. The second-order valence-electron chi connectivity index (χ2n) is 31.8. The SMILES string of the molecule is C=C1CC(=O)N(CCCCCCC/C=C/CCCCCCCCC)C1=O.C=C1CC(=O)N(CCCCCCCCCC(CCCCCCCC)C(CCCCCCCC)CCCCCCCCCN2C(=O)CC(=C)C2=O)C1=O.C=C1CC(=O)N(CCCCCCCCCCCCN2C(=O)CC(=C)C2=O)C1=O. The number of rotatable bonds is 64. The highest BCUT2D eigenvalue weighted by Crippen LogP contribution is 2.35. The first-order chi connectivity index (χ1) is 51.4. The van der Waals surface area contributed by atoms with Gasteiger partial charge in [0.25, 0.3) is 29.5 Å². The van der Waals surface area contributed by atoms with E-state index >= 15 is 0 Å². The predicted molar refractivity (Wildman–Crippen MR) is 435 cm³/mol. The van der Waals surface area contributed by atoms with Crippen LogP contribution in [0.3, 0.4) is 0 Å². The van der Waals surface area contributed by atoms with Gasteiger partial charge in [-0.1, -0.05) is 355 Å². The summed E-state index contributed by atoms with van der Waals surface area (Å²) in [4.78, 5) is 125. The first-order valence-corrected chi connectivity index (χ1v) is 43.6. The van der Waals surface area contributed by atoms with Crippen LogP contribution >= 0.6 is 0 Å². The molecule has 5 fully saturated rings. The quantitative estimate of drug-likeness (QED) is 0.0245. The highest BCUT2D eigenvalue weighted by atomic mass is 16.2. The van der Waals surface area contributed by atoms with E-state index in [4.69, 9.17) is 0 Å². The van der Waals surface area contributed by atoms with Gasteiger partial charge in [0.05, 0.1) is 32.1 Å². The van der Waals surface area contributed by atoms with Crippen molar-refractivity contribution < 1.29 is 47.9 Å². The van der Waals surface area contributed by atoms with Gasteiger partial charge in [-0.05, 0) is 69.6 Å². The summed E-state index contributed by atoms with van der Waals surface area (Å²) in [5, 5.41) is 0. The first kappa shape index (κ1) is 94.3. The van der Waals surface area contributed by atoms with E-state index in [1.807, 2.05) is 0 Å². The number of allylic oxidation sites excluding steroid dienone is 2. The predicted octanol–water partition coefficient (Wildman–Crippen LogP) is 22.4. The Hall–Kier alpha value is -5.86. The van der Waals surface area contributed by atoms with E-state index in [0.29, 0.717) is 60.6 Å². The third-order valence-corrected chi connectivity index (χ3v) is 22.4. The largest absolute Gasteiger partial charge is 0.279 e. The van der Waals surface area contributed by atoms with Gasteiger partial charge in [0.2, 0.25) is 29.5 Å². The van der Waals surface area contributed by atoms with Crippen LogP contribution in [-0.2, 0) is 47.9 Å². The molecule has 10 amide bonds. The van der Waals surface area contributed by atoms with Crippen LogP contribution in [0, 0.1) is 11.8 Å².